The molecule has 0 aromatic heterocycles. The molecule has 0 saturated heterocycles. The van der Waals surface area contributed by atoms with Gasteiger partial charge in [-0.25, -0.2) is 0 Å². The van der Waals surface area contributed by atoms with Crippen LogP contribution in [0.25, 0.3) is 0 Å². The molecule has 1 nitrogen and oxygen atoms in total. The van der Waals surface area contributed by atoms with E-state index in [1.54, 1.807) is 0 Å². The highest BCUT2D eigenvalue weighted by Crippen LogP contribution is 2.26. The second kappa shape index (κ2) is 4.99. The summed E-state index contributed by atoms with van der Waals surface area (Å²) in [6, 6.07) is 4.06. The number of hydrogen-bond acceptors (Lipinski definition) is 1. The molecule has 1 aromatic carbocycles. The van der Waals surface area contributed by atoms with Crippen LogP contribution in [0.1, 0.15) is 17.5 Å². The average molecular weight is 263 g/mol. The molecule has 0 bridgehead atoms. The number of rotatable bonds is 3. The molecule has 0 unspecified atom stereocenters. The zero-order chi connectivity index (χ0) is 9.84. The van der Waals surface area contributed by atoms with E-state index in [-0.39, 0.29) is 0 Å². The third kappa shape index (κ3) is 2.97. The minimum Gasteiger partial charge on any atom is -0.330 e. The average Bonchev–Trinajstić information content (AvgIpc) is 2.09. The number of aryl methyl sites for hydroxylation is 2. The summed E-state index contributed by atoms with van der Waals surface area (Å²) in [7, 11) is 0. The molecule has 1 rings (SSSR count). The standard InChI is InChI=1S/C10H13BrClN/c1-7-5-10(12)9(11)6-8(7)3-2-4-13/h5-6H,2-4,13H2,1H3. The van der Waals surface area contributed by atoms with Crippen LogP contribution in [0.4, 0.5) is 0 Å². The zero-order valence-electron chi connectivity index (χ0n) is 7.61. The minimum atomic E-state index is 0.736. The van der Waals surface area contributed by atoms with Gasteiger partial charge in [0.1, 0.15) is 0 Å². The van der Waals surface area contributed by atoms with Gasteiger partial charge in [-0.05, 0) is 65.5 Å². The van der Waals surface area contributed by atoms with Crippen LogP contribution in [0.15, 0.2) is 16.6 Å². The molecule has 0 aliphatic carbocycles. The Morgan fingerprint density at radius 3 is 2.77 bits per heavy atom. The van der Waals surface area contributed by atoms with Crippen molar-refractivity contribution in [2.45, 2.75) is 19.8 Å². The lowest BCUT2D eigenvalue weighted by molar-refractivity contribution is 0.827. The van der Waals surface area contributed by atoms with Gasteiger partial charge in [-0.2, -0.15) is 0 Å². The van der Waals surface area contributed by atoms with Gasteiger partial charge in [0, 0.05) is 4.47 Å². The van der Waals surface area contributed by atoms with Crippen molar-refractivity contribution in [3.8, 4) is 0 Å². The van der Waals surface area contributed by atoms with Crippen molar-refractivity contribution >= 4 is 27.5 Å². The summed E-state index contributed by atoms with van der Waals surface area (Å²) in [6.07, 6.45) is 2.05. The number of hydrogen-bond donors (Lipinski definition) is 1. The van der Waals surface area contributed by atoms with Gasteiger partial charge in [0.25, 0.3) is 0 Å². The van der Waals surface area contributed by atoms with Gasteiger partial charge in [-0.1, -0.05) is 11.6 Å². The monoisotopic (exact) mass is 261 g/mol. The second-order valence-corrected chi connectivity index (χ2v) is 4.35. The molecule has 0 atom stereocenters. The normalized spacial score (nSPS) is 10.5. The van der Waals surface area contributed by atoms with Crippen LogP contribution in [0.2, 0.25) is 5.02 Å². The van der Waals surface area contributed by atoms with Crippen molar-refractivity contribution in [3.05, 3.63) is 32.8 Å². The maximum Gasteiger partial charge on any atom is 0.0550 e. The molecule has 0 radical (unpaired) electrons. The van der Waals surface area contributed by atoms with Gasteiger partial charge in [-0.3, -0.25) is 0 Å². The fourth-order valence-electron chi connectivity index (χ4n) is 1.25. The van der Waals surface area contributed by atoms with Crippen molar-refractivity contribution in [1.29, 1.82) is 0 Å². The molecule has 0 spiro atoms. The first-order valence-electron chi connectivity index (χ1n) is 4.29. The van der Waals surface area contributed by atoms with Crippen LogP contribution < -0.4 is 5.73 Å². The van der Waals surface area contributed by atoms with Gasteiger partial charge < -0.3 is 5.73 Å². The molecular formula is C10H13BrClN. The summed E-state index contributed by atoms with van der Waals surface area (Å²) in [4.78, 5) is 0. The highest BCUT2D eigenvalue weighted by Gasteiger charge is 2.03. The Bertz CT molecular complexity index is 299. The molecule has 1 aromatic rings. The van der Waals surface area contributed by atoms with Crippen molar-refractivity contribution in [2.75, 3.05) is 6.54 Å². The van der Waals surface area contributed by atoms with E-state index in [0.29, 0.717) is 0 Å². The summed E-state index contributed by atoms with van der Waals surface area (Å²) >= 11 is 9.36. The van der Waals surface area contributed by atoms with E-state index in [4.69, 9.17) is 17.3 Å². The number of benzene rings is 1. The summed E-state index contributed by atoms with van der Waals surface area (Å²) in [6.45, 7) is 2.81. The van der Waals surface area contributed by atoms with Crippen molar-refractivity contribution in [1.82, 2.24) is 0 Å². The zero-order valence-corrected chi connectivity index (χ0v) is 9.95. The molecule has 2 N–H and O–H groups in total. The van der Waals surface area contributed by atoms with Crippen LogP contribution in [0.3, 0.4) is 0 Å². The maximum atomic E-state index is 5.95. The molecule has 3 heteroatoms. The van der Waals surface area contributed by atoms with Crippen LogP contribution in [0.5, 0.6) is 0 Å². The lowest BCUT2D eigenvalue weighted by Gasteiger charge is -2.06. The van der Waals surface area contributed by atoms with Crippen molar-refractivity contribution in [2.24, 2.45) is 5.73 Å². The molecule has 0 amide bonds. The number of nitrogens with two attached hydrogens (primary N) is 1. The molecule has 0 aliphatic heterocycles. The smallest absolute Gasteiger partial charge is 0.0550 e. The third-order valence-electron chi connectivity index (χ3n) is 2.03. The summed E-state index contributed by atoms with van der Waals surface area (Å²) in [5, 5.41) is 0.772. The molecular weight excluding hydrogens is 249 g/mol. The first-order valence-corrected chi connectivity index (χ1v) is 5.47. The SMILES string of the molecule is Cc1cc(Cl)c(Br)cc1CCCN. The Morgan fingerprint density at radius 1 is 1.46 bits per heavy atom. The maximum absolute atomic E-state index is 5.95. The van der Waals surface area contributed by atoms with E-state index in [1.165, 1.54) is 11.1 Å². The molecule has 0 saturated carbocycles. The molecule has 72 valence electrons. The van der Waals surface area contributed by atoms with Gasteiger partial charge in [0.05, 0.1) is 5.02 Å². The summed E-state index contributed by atoms with van der Waals surface area (Å²) < 4.78 is 0.965. The first-order chi connectivity index (χ1) is 6.15. The van der Waals surface area contributed by atoms with E-state index < -0.39 is 0 Å². The largest absolute Gasteiger partial charge is 0.330 e. The lowest BCUT2D eigenvalue weighted by Crippen LogP contribution is -2.01. The second-order valence-electron chi connectivity index (χ2n) is 3.09. The Morgan fingerprint density at radius 2 is 2.15 bits per heavy atom. The van der Waals surface area contributed by atoms with Crippen molar-refractivity contribution in [3.63, 3.8) is 0 Å². The predicted octanol–water partition coefficient (Wildman–Crippen LogP) is 3.30. The van der Waals surface area contributed by atoms with Gasteiger partial charge in [0.15, 0.2) is 0 Å². The molecule has 0 heterocycles. The molecule has 0 fully saturated rings. The quantitative estimate of drug-likeness (QED) is 0.889. The van der Waals surface area contributed by atoms with Gasteiger partial charge >= 0.3 is 0 Å². The van der Waals surface area contributed by atoms with Crippen LogP contribution in [-0.4, -0.2) is 6.54 Å². The van der Waals surface area contributed by atoms with Crippen LogP contribution in [0, 0.1) is 6.92 Å². The van der Waals surface area contributed by atoms with Crippen LogP contribution >= 0.6 is 27.5 Å². The Hall–Kier alpha value is -0.0500. The van der Waals surface area contributed by atoms with E-state index >= 15 is 0 Å². The van der Waals surface area contributed by atoms with E-state index in [0.717, 1.165) is 28.9 Å². The Labute approximate surface area is 92.4 Å². The number of halogens is 2. The predicted molar refractivity (Wildman–Crippen MR) is 61.3 cm³/mol. The van der Waals surface area contributed by atoms with Gasteiger partial charge in [0.2, 0.25) is 0 Å². The van der Waals surface area contributed by atoms with E-state index in [9.17, 15) is 0 Å². The molecule has 0 aliphatic rings. The Balaban J connectivity index is 2.88. The topological polar surface area (TPSA) is 26.0 Å². The minimum absolute atomic E-state index is 0.736. The highest BCUT2D eigenvalue weighted by atomic mass is 79.9. The van der Waals surface area contributed by atoms with Gasteiger partial charge in [-0.15, -0.1) is 0 Å². The summed E-state index contributed by atoms with van der Waals surface area (Å²) in [5.74, 6) is 0. The third-order valence-corrected chi connectivity index (χ3v) is 3.23. The Kier molecular flexibility index (Phi) is 4.23. The highest BCUT2D eigenvalue weighted by molar-refractivity contribution is 9.10. The fourth-order valence-corrected chi connectivity index (χ4v) is 1.86. The van der Waals surface area contributed by atoms with E-state index in [1.807, 2.05) is 6.07 Å². The molecule has 13 heavy (non-hydrogen) atoms. The fraction of sp³-hybridized carbons (Fsp3) is 0.400. The van der Waals surface area contributed by atoms with E-state index in [2.05, 4.69) is 28.9 Å². The van der Waals surface area contributed by atoms with Crippen molar-refractivity contribution < 1.29 is 0 Å². The first kappa shape index (κ1) is 11.0. The summed E-state index contributed by atoms with van der Waals surface area (Å²) in [5.41, 5.74) is 8.02. The van der Waals surface area contributed by atoms with Crippen LogP contribution in [-0.2, 0) is 6.42 Å². The lowest BCUT2D eigenvalue weighted by atomic mass is 10.0.